The summed E-state index contributed by atoms with van der Waals surface area (Å²) in [5.41, 5.74) is 0. The number of nitrogens with zero attached hydrogens (tertiary/aromatic N) is 1. The van der Waals surface area contributed by atoms with Crippen molar-refractivity contribution < 1.29 is 9.53 Å². The number of rotatable bonds is 1. The molecule has 2 heterocycles. The first-order valence-electron chi connectivity index (χ1n) is 4.45. The van der Waals surface area contributed by atoms with E-state index >= 15 is 0 Å². The molecule has 1 N–H and O–H groups in total. The molecule has 0 aromatic heterocycles. The number of hydrogen-bond donors (Lipinski definition) is 1. The predicted molar refractivity (Wildman–Crippen MR) is 43.8 cm³/mol. The average Bonchev–Trinajstić information content (AvgIpc) is 2.03. The molecule has 0 atom stereocenters. The van der Waals surface area contributed by atoms with Gasteiger partial charge in [-0.05, 0) is 0 Å². The first kappa shape index (κ1) is 8.01. The summed E-state index contributed by atoms with van der Waals surface area (Å²) in [5, 5.41) is 3.10. The van der Waals surface area contributed by atoms with Gasteiger partial charge in [0.1, 0.15) is 0 Å². The number of morpholine rings is 1. The van der Waals surface area contributed by atoms with Crippen LogP contribution in [0.1, 0.15) is 0 Å². The topological polar surface area (TPSA) is 41.6 Å². The van der Waals surface area contributed by atoms with Gasteiger partial charge in [0, 0.05) is 26.2 Å². The highest BCUT2D eigenvalue weighted by Crippen LogP contribution is 2.09. The molecule has 0 aromatic carbocycles. The van der Waals surface area contributed by atoms with E-state index in [2.05, 4.69) is 5.32 Å². The third-order valence-electron chi connectivity index (χ3n) is 2.45. The molecule has 0 aromatic rings. The molecule has 4 heteroatoms. The molecule has 2 aliphatic rings. The van der Waals surface area contributed by atoms with Crippen molar-refractivity contribution in [3.63, 3.8) is 0 Å². The van der Waals surface area contributed by atoms with Gasteiger partial charge in [0.25, 0.3) is 0 Å². The molecule has 2 aliphatic heterocycles. The highest BCUT2D eigenvalue weighted by atomic mass is 16.5. The van der Waals surface area contributed by atoms with Crippen LogP contribution < -0.4 is 5.32 Å². The Morgan fingerprint density at radius 2 is 2.00 bits per heavy atom. The maximum absolute atomic E-state index is 11.6. The maximum atomic E-state index is 11.6. The van der Waals surface area contributed by atoms with Crippen molar-refractivity contribution in [3.8, 4) is 0 Å². The average molecular weight is 170 g/mol. The van der Waals surface area contributed by atoms with E-state index in [1.165, 1.54) is 0 Å². The summed E-state index contributed by atoms with van der Waals surface area (Å²) in [6.07, 6.45) is 0. The lowest BCUT2D eigenvalue weighted by Crippen LogP contribution is -2.54. The number of carbonyl (C=O) groups is 1. The molecule has 12 heavy (non-hydrogen) atoms. The third-order valence-corrected chi connectivity index (χ3v) is 2.45. The zero-order valence-electron chi connectivity index (χ0n) is 7.08. The second-order valence-corrected chi connectivity index (χ2v) is 3.29. The highest BCUT2D eigenvalue weighted by molar-refractivity contribution is 5.80. The van der Waals surface area contributed by atoms with Gasteiger partial charge < -0.3 is 15.0 Å². The Hall–Kier alpha value is -0.610. The van der Waals surface area contributed by atoms with Gasteiger partial charge in [-0.2, -0.15) is 0 Å². The minimum absolute atomic E-state index is 0.239. The van der Waals surface area contributed by atoms with E-state index in [-0.39, 0.29) is 5.92 Å². The summed E-state index contributed by atoms with van der Waals surface area (Å²) in [5.74, 6) is 0.542. The number of ether oxygens (including phenoxy) is 1. The Morgan fingerprint density at radius 3 is 2.50 bits per heavy atom. The van der Waals surface area contributed by atoms with Crippen molar-refractivity contribution in [3.05, 3.63) is 0 Å². The molecule has 0 spiro atoms. The first-order chi connectivity index (χ1) is 5.88. The molecular formula is C8H14N2O2. The summed E-state index contributed by atoms with van der Waals surface area (Å²) < 4.78 is 5.17. The minimum atomic E-state index is 0.239. The van der Waals surface area contributed by atoms with Gasteiger partial charge >= 0.3 is 0 Å². The van der Waals surface area contributed by atoms with Gasteiger partial charge in [0.15, 0.2) is 0 Å². The van der Waals surface area contributed by atoms with E-state index in [9.17, 15) is 4.79 Å². The molecule has 2 rings (SSSR count). The van der Waals surface area contributed by atoms with Crippen LogP contribution in [0, 0.1) is 5.92 Å². The van der Waals surface area contributed by atoms with Gasteiger partial charge in [-0.25, -0.2) is 0 Å². The molecule has 0 saturated carbocycles. The van der Waals surface area contributed by atoms with E-state index in [4.69, 9.17) is 4.74 Å². The maximum Gasteiger partial charge on any atom is 0.228 e. The van der Waals surface area contributed by atoms with Crippen LogP contribution in [0.2, 0.25) is 0 Å². The van der Waals surface area contributed by atoms with Crippen LogP contribution in [0.3, 0.4) is 0 Å². The fourth-order valence-corrected chi connectivity index (χ4v) is 1.51. The fourth-order valence-electron chi connectivity index (χ4n) is 1.51. The SMILES string of the molecule is O=C(C1CNC1)N1CCOCC1. The largest absolute Gasteiger partial charge is 0.378 e. The van der Waals surface area contributed by atoms with Crippen LogP contribution in [0.25, 0.3) is 0 Å². The monoisotopic (exact) mass is 170 g/mol. The second kappa shape index (κ2) is 3.41. The molecule has 2 fully saturated rings. The highest BCUT2D eigenvalue weighted by Gasteiger charge is 2.29. The van der Waals surface area contributed by atoms with Crippen molar-refractivity contribution in [1.29, 1.82) is 0 Å². The predicted octanol–water partition coefficient (Wildman–Crippen LogP) is -0.935. The Kier molecular flexibility index (Phi) is 2.28. The van der Waals surface area contributed by atoms with E-state index in [0.717, 1.165) is 26.2 Å². The van der Waals surface area contributed by atoms with Crippen molar-refractivity contribution in [2.75, 3.05) is 39.4 Å². The second-order valence-electron chi connectivity index (χ2n) is 3.29. The summed E-state index contributed by atoms with van der Waals surface area (Å²) in [6, 6.07) is 0. The fraction of sp³-hybridized carbons (Fsp3) is 0.875. The van der Waals surface area contributed by atoms with E-state index < -0.39 is 0 Å². The summed E-state index contributed by atoms with van der Waals surface area (Å²) >= 11 is 0. The third kappa shape index (κ3) is 1.44. The van der Waals surface area contributed by atoms with Gasteiger partial charge in [-0.3, -0.25) is 4.79 Å². The van der Waals surface area contributed by atoms with Gasteiger partial charge in [-0.15, -0.1) is 0 Å². The normalized spacial score (nSPS) is 25.2. The smallest absolute Gasteiger partial charge is 0.228 e. The van der Waals surface area contributed by atoms with Gasteiger partial charge in [0.2, 0.25) is 5.91 Å². The van der Waals surface area contributed by atoms with Crippen molar-refractivity contribution in [2.45, 2.75) is 0 Å². The summed E-state index contributed by atoms with van der Waals surface area (Å²) in [6.45, 7) is 4.66. The molecule has 2 saturated heterocycles. The lowest BCUT2D eigenvalue weighted by atomic mass is 10.0. The Morgan fingerprint density at radius 1 is 1.33 bits per heavy atom. The minimum Gasteiger partial charge on any atom is -0.378 e. The molecule has 1 amide bonds. The van der Waals surface area contributed by atoms with Crippen LogP contribution in [0.4, 0.5) is 0 Å². The Bertz CT molecular complexity index is 174. The number of carbonyl (C=O) groups excluding carboxylic acids is 1. The van der Waals surface area contributed by atoms with Crippen molar-refractivity contribution in [1.82, 2.24) is 10.2 Å². The van der Waals surface area contributed by atoms with E-state index in [1.54, 1.807) is 0 Å². The molecule has 4 nitrogen and oxygen atoms in total. The molecule has 0 bridgehead atoms. The van der Waals surface area contributed by atoms with E-state index in [0.29, 0.717) is 19.1 Å². The number of hydrogen-bond acceptors (Lipinski definition) is 3. The van der Waals surface area contributed by atoms with Crippen molar-refractivity contribution >= 4 is 5.91 Å². The van der Waals surface area contributed by atoms with Crippen LogP contribution in [-0.2, 0) is 9.53 Å². The van der Waals surface area contributed by atoms with E-state index in [1.807, 2.05) is 4.90 Å². The zero-order chi connectivity index (χ0) is 8.39. The van der Waals surface area contributed by atoms with Gasteiger partial charge in [0.05, 0.1) is 19.1 Å². The summed E-state index contributed by atoms with van der Waals surface area (Å²) in [7, 11) is 0. The van der Waals surface area contributed by atoms with Crippen LogP contribution in [-0.4, -0.2) is 50.2 Å². The van der Waals surface area contributed by atoms with Gasteiger partial charge in [-0.1, -0.05) is 0 Å². The molecule has 0 radical (unpaired) electrons. The van der Waals surface area contributed by atoms with Crippen LogP contribution >= 0.6 is 0 Å². The van der Waals surface area contributed by atoms with Crippen LogP contribution in [0.15, 0.2) is 0 Å². The summed E-state index contributed by atoms with van der Waals surface area (Å²) in [4.78, 5) is 13.5. The standard InChI is InChI=1S/C8H14N2O2/c11-8(7-5-9-6-7)10-1-3-12-4-2-10/h7,9H,1-6H2. The lowest BCUT2D eigenvalue weighted by molar-refractivity contribution is -0.141. The Labute approximate surface area is 71.9 Å². The van der Waals surface area contributed by atoms with Crippen molar-refractivity contribution in [2.24, 2.45) is 5.92 Å². The molecular weight excluding hydrogens is 156 g/mol. The number of amides is 1. The van der Waals surface area contributed by atoms with Crippen LogP contribution in [0.5, 0.6) is 0 Å². The molecule has 68 valence electrons. The Balaban J connectivity index is 1.84. The first-order valence-corrected chi connectivity index (χ1v) is 4.45. The zero-order valence-corrected chi connectivity index (χ0v) is 7.08. The lowest BCUT2D eigenvalue weighted by Gasteiger charge is -2.34. The molecule has 0 unspecified atom stereocenters. The molecule has 0 aliphatic carbocycles. The quantitative estimate of drug-likeness (QED) is 0.552. The number of nitrogens with one attached hydrogen (secondary N) is 1.